The van der Waals surface area contributed by atoms with Gasteiger partial charge >= 0.3 is 0 Å². The van der Waals surface area contributed by atoms with E-state index in [0.717, 1.165) is 17.0 Å². The van der Waals surface area contributed by atoms with Crippen LogP contribution in [-0.2, 0) is 35.5 Å². The van der Waals surface area contributed by atoms with Crippen molar-refractivity contribution in [2.24, 2.45) is 5.92 Å². The number of carbonyl (C=O) groups is 1. The van der Waals surface area contributed by atoms with Gasteiger partial charge in [-0.3, -0.25) is 4.79 Å². The molecule has 31 heavy (non-hydrogen) atoms. The molecule has 7 nitrogen and oxygen atoms in total. The van der Waals surface area contributed by atoms with Gasteiger partial charge in [0.05, 0.1) is 31.6 Å². The summed E-state index contributed by atoms with van der Waals surface area (Å²) in [5, 5.41) is 11.4. The van der Waals surface area contributed by atoms with Crippen molar-refractivity contribution < 1.29 is 14.3 Å². The summed E-state index contributed by atoms with van der Waals surface area (Å²) in [6.45, 7) is 0.745. The highest BCUT2D eigenvalue weighted by atomic mass is 16.5. The minimum Gasteiger partial charge on any atom is -0.497 e. The molecule has 1 N–H and O–H groups in total. The molecule has 0 bridgehead atoms. The second-order valence-electron chi connectivity index (χ2n) is 7.91. The molecule has 2 aromatic carbocycles. The zero-order chi connectivity index (χ0) is 21.5. The van der Waals surface area contributed by atoms with Gasteiger partial charge < -0.3 is 14.8 Å². The Morgan fingerprint density at radius 3 is 2.65 bits per heavy atom. The number of aryl methyl sites for hydroxylation is 1. The fraction of sp³-hybridized carbons (Fsp3) is 0.375. The second-order valence-corrected chi connectivity index (χ2v) is 7.91. The Hall–Kier alpha value is -3.19. The molecule has 3 aromatic rings. The van der Waals surface area contributed by atoms with Gasteiger partial charge in [0.15, 0.2) is 0 Å². The first-order chi connectivity index (χ1) is 15.2. The molecule has 0 fully saturated rings. The van der Waals surface area contributed by atoms with E-state index in [1.807, 2.05) is 42.5 Å². The van der Waals surface area contributed by atoms with Crippen LogP contribution in [-0.4, -0.2) is 40.7 Å². The third-order valence-electron chi connectivity index (χ3n) is 5.66. The molecule has 0 aliphatic carbocycles. The number of methoxy groups -OCH3 is 1. The summed E-state index contributed by atoms with van der Waals surface area (Å²) >= 11 is 0. The van der Waals surface area contributed by atoms with E-state index in [2.05, 4.69) is 27.8 Å². The predicted molar refractivity (Wildman–Crippen MR) is 117 cm³/mol. The Labute approximate surface area is 182 Å². The molecule has 1 aliphatic rings. The smallest absolute Gasteiger partial charge is 0.223 e. The average Bonchev–Trinajstić information content (AvgIpc) is 3.23. The second kappa shape index (κ2) is 10.2. The highest BCUT2D eigenvalue weighted by Gasteiger charge is 2.24. The van der Waals surface area contributed by atoms with Crippen LogP contribution in [0.25, 0.3) is 0 Å². The Bertz CT molecular complexity index is 972. The lowest BCUT2D eigenvalue weighted by Crippen LogP contribution is -2.43. The van der Waals surface area contributed by atoms with E-state index in [1.165, 1.54) is 5.56 Å². The number of nitrogens with zero attached hydrogens (tertiary/aromatic N) is 3. The van der Waals surface area contributed by atoms with Crippen molar-refractivity contribution in [3.05, 3.63) is 77.6 Å². The Morgan fingerprint density at radius 1 is 1.10 bits per heavy atom. The van der Waals surface area contributed by atoms with Gasteiger partial charge in [-0.15, -0.1) is 5.10 Å². The number of hydrogen-bond acceptors (Lipinski definition) is 5. The number of carbonyl (C=O) groups excluding carboxylic acids is 1. The molecule has 1 aromatic heterocycles. The van der Waals surface area contributed by atoms with Crippen LogP contribution in [0.5, 0.6) is 5.75 Å². The Balaban J connectivity index is 1.53. The van der Waals surface area contributed by atoms with Crippen LogP contribution in [0.1, 0.15) is 23.2 Å². The molecular formula is C24H28N4O3. The lowest BCUT2D eigenvalue weighted by Gasteiger charge is -2.22. The molecule has 2 atom stereocenters. The maximum absolute atomic E-state index is 13.3. The van der Waals surface area contributed by atoms with E-state index in [-0.39, 0.29) is 17.9 Å². The largest absolute Gasteiger partial charge is 0.497 e. The van der Waals surface area contributed by atoms with Crippen molar-refractivity contribution in [3.8, 4) is 5.75 Å². The molecule has 0 spiro atoms. The molecule has 4 rings (SSSR count). The van der Waals surface area contributed by atoms with E-state index in [4.69, 9.17) is 9.47 Å². The van der Waals surface area contributed by atoms with Gasteiger partial charge in [0.2, 0.25) is 5.91 Å². The van der Waals surface area contributed by atoms with Crippen LogP contribution in [0.15, 0.2) is 60.8 Å². The van der Waals surface area contributed by atoms with Crippen LogP contribution in [0.2, 0.25) is 0 Å². The summed E-state index contributed by atoms with van der Waals surface area (Å²) in [6, 6.07) is 18.0. The first kappa shape index (κ1) is 21.1. The van der Waals surface area contributed by atoms with Crippen molar-refractivity contribution in [3.63, 3.8) is 0 Å². The molecule has 2 heterocycles. The van der Waals surface area contributed by atoms with E-state index < -0.39 is 0 Å². The molecular weight excluding hydrogens is 392 g/mol. The number of amides is 1. The topological polar surface area (TPSA) is 78.3 Å². The van der Waals surface area contributed by atoms with Gasteiger partial charge in [-0.05, 0) is 48.9 Å². The molecule has 1 amide bonds. The number of ether oxygens (including phenoxy) is 2. The molecule has 7 heteroatoms. The first-order valence-electron chi connectivity index (χ1n) is 10.6. The number of nitrogens with one attached hydrogen (secondary N) is 1. The number of benzene rings is 2. The third kappa shape index (κ3) is 5.70. The van der Waals surface area contributed by atoms with E-state index in [0.29, 0.717) is 39.0 Å². The zero-order valence-corrected chi connectivity index (χ0v) is 17.7. The van der Waals surface area contributed by atoms with Crippen LogP contribution in [0.3, 0.4) is 0 Å². The average molecular weight is 421 g/mol. The third-order valence-corrected chi connectivity index (χ3v) is 5.66. The minimum atomic E-state index is -0.159. The van der Waals surface area contributed by atoms with Crippen LogP contribution in [0, 0.1) is 5.92 Å². The number of rotatable bonds is 5. The van der Waals surface area contributed by atoms with Gasteiger partial charge in [0.1, 0.15) is 12.5 Å². The van der Waals surface area contributed by atoms with Gasteiger partial charge in [0.25, 0.3) is 0 Å². The van der Waals surface area contributed by atoms with E-state index >= 15 is 0 Å². The molecule has 0 saturated carbocycles. The van der Waals surface area contributed by atoms with Gasteiger partial charge in [-0.25, -0.2) is 4.68 Å². The van der Waals surface area contributed by atoms with Crippen LogP contribution < -0.4 is 10.1 Å². The lowest BCUT2D eigenvalue weighted by atomic mass is 9.92. The monoisotopic (exact) mass is 420 g/mol. The molecule has 0 saturated heterocycles. The summed E-state index contributed by atoms with van der Waals surface area (Å²) in [5.41, 5.74) is 3.26. The maximum Gasteiger partial charge on any atom is 0.223 e. The summed E-state index contributed by atoms with van der Waals surface area (Å²) in [5.74, 6) is 0.708. The van der Waals surface area contributed by atoms with Gasteiger partial charge in [-0.2, -0.15) is 0 Å². The Morgan fingerprint density at radius 2 is 1.87 bits per heavy atom. The van der Waals surface area contributed by atoms with E-state index in [1.54, 1.807) is 18.0 Å². The fourth-order valence-electron chi connectivity index (χ4n) is 3.93. The number of fused-ring (bicyclic) bond motifs is 1. The van der Waals surface area contributed by atoms with Crippen molar-refractivity contribution in [1.29, 1.82) is 0 Å². The van der Waals surface area contributed by atoms with Crippen LogP contribution >= 0.6 is 0 Å². The van der Waals surface area contributed by atoms with Crippen molar-refractivity contribution in [2.75, 3.05) is 13.7 Å². The van der Waals surface area contributed by atoms with Crippen molar-refractivity contribution >= 4 is 5.91 Å². The first-order valence-corrected chi connectivity index (χ1v) is 10.6. The summed E-state index contributed by atoms with van der Waals surface area (Å²) < 4.78 is 12.9. The predicted octanol–water partition coefficient (Wildman–Crippen LogP) is 2.79. The summed E-state index contributed by atoms with van der Waals surface area (Å²) in [6.07, 6.45) is 4.56. The summed E-state index contributed by atoms with van der Waals surface area (Å²) in [7, 11) is 1.65. The van der Waals surface area contributed by atoms with Gasteiger partial charge in [-0.1, -0.05) is 47.7 Å². The lowest BCUT2D eigenvalue weighted by molar-refractivity contribution is -0.126. The van der Waals surface area contributed by atoms with Crippen molar-refractivity contribution in [1.82, 2.24) is 20.3 Å². The standard InChI is InChI=1S/C24H28N4O3/c1-30-23-11-7-19(8-12-23)13-20-9-10-22-15-25-27-28(22)17-31-16-21(26-24(20)29)14-18-5-3-2-4-6-18/h2-8,11-12,15,20-21H,9-10,13-14,16-17H2,1H3,(H,26,29)/t20-,21-/m1/s1. The SMILES string of the molecule is COc1ccc(C[C@H]2CCc3cnnn3COC[C@@H](Cc3ccccc3)NC2=O)cc1. The maximum atomic E-state index is 13.3. The minimum absolute atomic E-state index is 0.0567. The fourth-order valence-corrected chi connectivity index (χ4v) is 3.93. The highest BCUT2D eigenvalue weighted by Crippen LogP contribution is 2.20. The zero-order valence-electron chi connectivity index (χ0n) is 17.7. The van der Waals surface area contributed by atoms with Crippen molar-refractivity contribution in [2.45, 2.75) is 38.5 Å². The quantitative estimate of drug-likeness (QED) is 0.687. The molecule has 0 radical (unpaired) electrons. The highest BCUT2D eigenvalue weighted by molar-refractivity contribution is 5.79. The van der Waals surface area contributed by atoms with Gasteiger partial charge in [0, 0.05) is 5.92 Å². The molecule has 1 aliphatic heterocycles. The van der Waals surface area contributed by atoms with Crippen LogP contribution in [0.4, 0.5) is 0 Å². The molecule has 162 valence electrons. The molecule has 0 unspecified atom stereocenters. The number of hydrogen-bond donors (Lipinski definition) is 1. The van der Waals surface area contributed by atoms with E-state index in [9.17, 15) is 4.79 Å². The Kier molecular flexibility index (Phi) is 6.94. The summed E-state index contributed by atoms with van der Waals surface area (Å²) in [4.78, 5) is 13.3. The number of aromatic nitrogens is 3. The normalized spacial score (nSPS) is 19.7.